The molecule has 1 aliphatic carbocycles. The van der Waals surface area contributed by atoms with Crippen molar-refractivity contribution in [1.29, 1.82) is 0 Å². The lowest BCUT2D eigenvalue weighted by Gasteiger charge is -2.33. The molecule has 6 nitrogen and oxygen atoms in total. The molecule has 1 unspecified atom stereocenters. The lowest BCUT2D eigenvalue weighted by atomic mass is 9.72. The Kier molecular flexibility index (Phi) is 7.70. The van der Waals surface area contributed by atoms with Gasteiger partial charge in [0.15, 0.2) is 0 Å². The fraction of sp³-hybridized carbons (Fsp3) is 0.536. The predicted molar refractivity (Wildman–Crippen MR) is 137 cm³/mol. The third-order valence-electron chi connectivity index (χ3n) is 7.86. The van der Waals surface area contributed by atoms with Crippen molar-refractivity contribution in [3.63, 3.8) is 0 Å². The van der Waals surface area contributed by atoms with Crippen molar-refractivity contribution >= 4 is 5.69 Å². The van der Waals surface area contributed by atoms with E-state index in [2.05, 4.69) is 32.3 Å². The number of alkyl halides is 3. The number of halogens is 4. The van der Waals surface area contributed by atoms with Gasteiger partial charge in [0.2, 0.25) is 0 Å². The number of nitrogens with zero attached hydrogens (tertiary/aromatic N) is 5. The van der Waals surface area contributed by atoms with Gasteiger partial charge in [-0.2, -0.15) is 13.2 Å². The fourth-order valence-corrected chi connectivity index (χ4v) is 5.76. The summed E-state index contributed by atoms with van der Waals surface area (Å²) in [6.45, 7) is 4.21. The summed E-state index contributed by atoms with van der Waals surface area (Å²) in [6.07, 6.45) is 3.95. The number of nitrogens with one attached hydrogen (secondary N) is 1. The number of piperidine rings is 1. The Hall–Kier alpha value is -3.01. The Balaban J connectivity index is 1.36. The molecule has 2 fully saturated rings. The van der Waals surface area contributed by atoms with Crippen molar-refractivity contribution in [1.82, 2.24) is 24.6 Å². The van der Waals surface area contributed by atoms with Crippen LogP contribution in [0.2, 0.25) is 0 Å². The van der Waals surface area contributed by atoms with Crippen LogP contribution in [0.3, 0.4) is 0 Å². The van der Waals surface area contributed by atoms with E-state index in [0.29, 0.717) is 29.6 Å². The van der Waals surface area contributed by atoms with Crippen molar-refractivity contribution in [2.45, 2.75) is 64.2 Å². The second-order valence-electron chi connectivity index (χ2n) is 10.9. The average Bonchev–Trinajstić information content (AvgIpc) is 3.24. The zero-order valence-corrected chi connectivity index (χ0v) is 21.8. The molecule has 10 heteroatoms. The first-order valence-electron chi connectivity index (χ1n) is 13.3. The van der Waals surface area contributed by atoms with Gasteiger partial charge in [0, 0.05) is 37.9 Å². The Bertz CT molecular complexity index is 1250. The van der Waals surface area contributed by atoms with Crippen LogP contribution in [0, 0.1) is 17.7 Å². The molecule has 1 aliphatic heterocycles. The summed E-state index contributed by atoms with van der Waals surface area (Å²) in [5, 5.41) is 11.3. The van der Waals surface area contributed by atoms with Crippen molar-refractivity contribution in [3.8, 4) is 0 Å². The van der Waals surface area contributed by atoms with Crippen LogP contribution in [0.1, 0.15) is 73.2 Å². The lowest BCUT2D eigenvalue weighted by molar-refractivity contribution is -0.138. The van der Waals surface area contributed by atoms with Crippen LogP contribution in [0.5, 0.6) is 0 Å². The number of likely N-dealkylation sites (tertiary alicyclic amines) is 1. The number of hydrogen-bond donors (Lipinski definition) is 1. The van der Waals surface area contributed by atoms with Gasteiger partial charge in [-0.1, -0.05) is 13.3 Å². The zero-order chi connectivity index (χ0) is 26.9. The fourth-order valence-electron chi connectivity index (χ4n) is 5.76. The highest BCUT2D eigenvalue weighted by Gasteiger charge is 2.35. The molecule has 0 bridgehead atoms. The second-order valence-corrected chi connectivity index (χ2v) is 10.9. The van der Waals surface area contributed by atoms with E-state index in [0.717, 1.165) is 56.6 Å². The molecule has 5 rings (SSSR count). The second kappa shape index (κ2) is 11.0. The summed E-state index contributed by atoms with van der Waals surface area (Å²) in [6, 6.07) is 5.80. The standard InChI is InChI=1S/C28H34F4N6/c1-18-5-4-8-38(15-18)16-19-9-24(28(30,31)32)25(34-13-19)14-33-23-11-21(10-22(29)12-23)26(20-6-3-7-20)27-36-35-17-37(27)2/h9-13,17-18,20,26,33H,3-8,14-16H2,1-2H3/t18-,26?/m0/s1. The van der Waals surface area contributed by atoms with Crippen LogP contribution in [0.4, 0.5) is 23.2 Å². The maximum atomic E-state index is 14.7. The molecule has 38 heavy (non-hydrogen) atoms. The third kappa shape index (κ3) is 6.00. The van der Waals surface area contributed by atoms with Gasteiger partial charge < -0.3 is 9.88 Å². The van der Waals surface area contributed by atoms with E-state index in [4.69, 9.17) is 0 Å². The molecule has 2 aromatic heterocycles. The first-order valence-corrected chi connectivity index (χ1v) is 13.3. The minimum absolute atomic E-state index is 0.108. The molecular formula is C28H34F4N6. The monoisotopic (exact) mass is 530 g/mol. The molecule has 1 N–H and O–H groups in total. The van der Waals surface area contributed by atoms with Crippen LogP contribution in [0.15, 0.2) is 36.8 Å². The van der Waals surface area contributed by atoms with E-state index in [1.165, 1.54) is 24.4 Å². The van der Waals surface area contributed by atoms with Crippen molar-refractivity contribution in [2.24, 2.45) is 18.9 Å². The number of benzene rings is 1. The van der Waals surface area contributed by atoms with Crippen LogP contribution >= 0.6 is 0 Å². The molecule has 3 heterocycles. The van der Waals surface area contributed by atoms with Gasteiger partial charge in [0.25, 0.3) is 0 Å². The summed E-state index contributed by atoms with van der Waals surface area (Å²) in [5.41, 5.74) is 0.838. The molecule has 1 aromatic carbocycles. The number of aryl methyl sites for hydroxylation is 1. The zero-order valence-electron chi connectivity index (χ0n) is 21.8. The van der Waals surface area contributed by atoms with E-state index in [1.807, 2.05) is 11.6 Å². The molecule has 0 amide bonds. The summed E-state index contributed by atoms with van der Waals surface area (Å²) < 4.78 is 58.6. The number of aromatic nitrogens is 4. The van der Waals surface area contributed by atoms with Crippen molar-refractivity contribution in [3.05, 3.63) is 70.8 Å². The quantitative estimate of drug-likeness (QED) is 0.355. The first kappa shape index (κ1) is 26.6. The summed E-state index contributed by atoms with van der Waals surface area (Å²) >= 11 is 0. The van der Waals surface area contributed by atoms with E-state index >= 15 is 0 Å². The molecule has 1 saturated heterocycles. The normalized spacial score (nSPS) is 19.8. The Morgan fingerprint density at radius 1 is 1.11 bits per heavy atom. The summed E-state index contributed by atoms with van der Waals surface area (Å²) in [4.78, 5) is 6.39. The van der Waals surface area contributed by atoms with Crippen LogP contribution in [0.25, 0.3) is 0 Å². The van der Waals surface area contributed by atoms with Crippen LogP contribution < -0.4 is 5.32 Å². The minimum atomic E-state index is -4.54. The van der Waals surface area contributed by atoms with Crippen molar-refractivity contribution in [2.75, 3.05) is 18.4 Å². The largest absolute Gasteiger partial charge is 0.418 e. The smallest absolute Gasteiger partial charge is 0.379 e. The predicted octanol–water partition coefficient (Wildman–Crippen LogP) is 6.14. The highest BCUT2D eigenvalue weighted by Crippen LogP contribution is 2.43. The summed E-state index contributed by atoms with van der Waals surface area (Å²) in [7, 11) is 1.86. The van der Waals surface area contributed by atoms with Gasteiger partial charge in [-0.05, 0) is 79.5 Å². The maximum Gasteiger partial charge on any atom is 0.418 e. The maximum absolute atomic E-state index is 14.7. The Labute approximate surface area is 220 Å². The molecule has 2 aliphatic rings. The van der Waals surface area contributed by atoms with Crippen molar-refractivity contribution < 1.29 is 17.6 Å². The van der Waals surface area contributed by atoms with E-state index in [1.54, 1.807) is 12.4 Å². The van der Waals surface area contributed by atoms with E-state index in [-0.39, 0.29) is 18.2 Å². The lowest BCUT2D eigenvalue weighted by Crippen LogP contribution is -2.33. The van der Waals surface area contributed by atoms with Gasteiger partial charge >= 0.3 is 6.18 Å². The van der Waals surface area contributed by atoms with E-state index in [9.17, 15) is 17.6 Å². The topological polar surface area (TPSA) is 58.9 Å². The Morgan fingerprint density at radius 3 is 2.58 bits per heavy atom. The summed E-state index contributed by atoms with van der Waals surface area (Å²) in [5.74, 6) is 1.03. The molecule has 3 aromatic rings. The number of anilines is 1. The minimum Gasteiger partial charge on any atom is -0.379 e. The SMILES string of the molecule is C[C@H]1CCCN(Cc2cnc(CNc3cc(F)cc(C(c4nncn4C)C4CCC4)c3)c(C(F)(F)F)c2)C1. The molecule has 1 saturated carbocycles. The van der Waals surface area contributed by atoms with Gasteiger partial charge in [0.05, 0.1) is 17.8 Å². The number of rotatable bonds is 8. The molecule has 0 radical (unpaired) electrons. The molecular weight excluding hydrogens is 496 g/mol. The van der Waals surface area contributed by atoms with E-state index < -0.39 is 17.6 Å². The van der Waals surface area contributed by atoms with Crippen LogP contribution in [-0.2, 0) is 26.3 Å². The molecule has 2 atom stereocenters. The van der Waals surface area contributed by atoms with Gasteiger partial charge in [-0.15, -0.1) is 10.2 Å². The number of hydrogen-bond acceptors (Lipinski definition) is 5. The van der Waals surface area contributed by atoms with Gasteiger partial charge in [-0.3, -0.25) is 9.88 Å². The Morgan fingerprint density at radius 2 is 1.92 bits per heavy atom. The first-order chi connectivity index (χ1) is 18.2. The third-order valence-corrected chi connectivity index (χ3v) is 7.86. The molecule has 204 valence electrons. The highest BCUT2D eigenvalue weighted by atomic mass is 19.4. The van der Waals surface area contributed by atoms with Crippen LogP contribution in [-0.4, -0.2) is 37.7 Å². The number of pyridine rings is 1. The van der Waals surface area contributed by atoms with Gasteiger partial charge in [0.1, 0.15) is 18.0 Å². The molecule has 0 spiro atoms. The average molecular weight is 531 g/mol. The highest BCUT2D eigenvalue weighted by molar-refractivity contribution is 5.49. The van der Waals surface area contributed by atoms with Gasteiger partial charge in [-0.25, -0.2) is 4.39 Å².